The largest absolute Gasteiger partial charge is 0.482 e. The number of carbonyl (C=O) groups is 1. The molecule has 2 rings (SSSR count). The Morgan fingerprint density at radius 2 is 2.05 bits per heavy atom. The van der Waals surface area contributed by atoms with Gasteiger partial charge in [-0.25, -0.2) is 4.39 Å². The molecule has 0 N–H and O–H groups in total. The molecule has 0 amide bonds. The van der Waals surface area contributed by atoms with Crippen LogP contribution in [0.3, 0.4) is 0 Å². The minimum atomic E-state index is -0.663. The minimum absolute atomic E-state index is 0.0515. The van der Waals surface area contributed by atoms with E-state index in [-0.39, 0.29) is 23.7 Å². The summed E-state index contributed by atoms with van der Waals surface area (Å²) in [6, 6.07) is 12.6. The summed E-state index contributed by atoms with van der Waals surface area (Å²) in [5.41, 5.74) is 0.675. The molecule has 0 radical (unpaired) electrons. The topological polar surface area (TPSA) is 50.1 Å². The first-order chi connectivity index (χ1) is 9.61. The Labute approximate surface area is 123 Å². The molecule has 0 aromatic heterocycles. The maximum atomic E-state index is 13.6. The number of nitrogens with zero attached hydrogens (tertiary/aromatic N) is 1. The molecule has 3 nitrogen and oxygen atoms in total. The van der Waals surface area contributed by atoms with Gasteiger partial charge in [-0.1, -0.05) is 34.1 Å². The van der Waals surface area contributed by atoms with Gasteiger partial charge >= 0.3 is 0 Å². The van der Waals surface area contributed by atoms with Crippen molar-refractivity contribution in [1.29, 1.82) is 5.26 Å². The molecule has 100 valence electrons. The van der Waals surface area contributed by atoms with Crippen molar-refractivity contribution in [2.24, 2.45) is 0 Å². The van der Waals surface area contributed by atoms with E-state index in [1.54, 1.807) is 24.3 Å². The molecule has 20 heavy (non-hydrogen) atoms. The summed E-state index contributed by atoms with van der Waals surface area (Å²) < 4.78 is 19.4. The molecule has 0 fully saturated rings. The molecule has 0 atom stereocenters. The monoisotopic (exact) mass is 333 g/mol. The molecular weight excluding hydrogens is 325 g/mol. The summed E-state index contributed by atoms with van der Waals surface area (Å²) in [6.45, 7) is -0.272. The molecule has 0 bridgehead atoms. The Hall–Kier alpha value is -2.19. The fourth-order valence-corrected chi connectivity index (χ4v) is 2.10. The number of ketones is 1. The summed E-state index contributed by atoms with van der Waals surface area (Å²) in [6.07, 6.45) is 0. The Bertz CT molecular complexity index is 695. The van der Waals surface area contributed by atoms with Crippen molar-refractivity contribution in [2.45, 2.75) is 0 Å². The molecule has 0 aliphatic rings. The summed E-state index contributed by atoms with van der Waals surface area (Å²) >= 11 is 3.27. The number of halogens is 2. The van der Waals surface area contributed by atoms with E-state index in [2.05, 4.69) is 15.9 Å². The third kappa shape index (κ3) is 3.22. The second kappa shape index (κ2) is 6.31. The quantitative estimate of drug-likeness (QED) is 0.801. The van der Waals surface area contributed by atoms with Crippen LogP contribution in [0.15, 0.2) is 46.9 Å². The standard InChI is InChI=1S/C15H9BrFNO2/c16-12-4-2-1-3-11(12)14(19)9-20-15-6-5-10(8-18)7-13(15)17/h1-7H,9H2. The van der Waals surface area contributed by atoms with Gasteiger partial charge in [0, 0.05) is 10.0 Å². The molecule has 0 aliphatic heterocycles. The Morgan fingerprint density at radius 3 is 2.70 bits per heavy atom. The molecule has 0 heterocycles. The zero-order valence-corrected chi connectivity index (χ0v) is 11.9. The van der Waals surface area contributed by atoms with Crippen molar-refractivity contribution in [3.8, 4) is 11.8 Å². The lowest BCUT2D eigenvalue weighted by atomic mass is 10.1. The number of hydrogen-bond acceptors (Lipinski definition) is 3. The Kier molecular flexibility index (Phi) is 4.49. The van der Waals surface area contributed by atoms with Crippen LogP contribution in [0.4, 0.5) is 4.39 Å². The predicted molar refractivity (Wildman–Crippen MR) is 75.1 cm³/mol. The van der Waals surface area contributed by atoms with Crippen molar-refractivity contribution in [2.75, 3.05) is 6.61 Å². The van der Waals surface area contributed by atoms with Crippen LogP contribution in [-0.4, -0.2) is 12.4 Å². The highest BCUT2D eigenvalue weighted by molar-refractivity contribution is 9.10. The van der Waals surface area contributed by atoms with Gasteiger partial charge in [0.15, 0.2) is 18.2 Å². The van der Waals surface area contributed by atoms with Gasteiger partial charge in [0.25, 0.3) is 0 Å². The third-order valence-corrected chi connectivity index (χ3v) is 3.29. The summed E-state index contributed by atoms with van der Waals surface area (Å²) in [4.78, 5) is 11.9. The van der Waals surface area contributed by atoms with E-state index in [1.165, 1.54) is 12.1 Å². The third-order valence-electron chi connectivity index (χ3n) is 2.59. The second-order valence-electron chi connectivity index (χ2n) is 3.95. The van der Waals surface area contributed by atoms with Crippen LogP contribution in [0.5, 0.6) is 5.75 Å². The minimum Gasteiger partial charge on any atom is -0.482 e. The lowest BCUT2D eigenvalue weighted by Crippen LogP contribution is -2.12. The van der Waals surface area contributed by atoms with Crippen LogP contribution in [-0.2, 0) is 0 Å². The molecule has 2 aromatic carbocycles. The van der Waals surface area contributed by atoms with Crippen molar-refractivity contribution >= 4 is 21.7 Å². The number of nitriles is 1. The number of ether oxygens (including phenoxy) is 1. The normalized spacial score (nSPS) is 9.85. The van der Waals surface area contributed by atoms with Crippen molar-refractivity contribution in [1.82, 2.24) is 0 Å². The SMILES string of the molecule is N#Cc1ccc(OCC(=O)c2ccccc2Br)c(F)c1. The van der Waals surface area contributed by atoms with Gasteiger partial charge in [0.05, 0.1) is 11.6 Å². The first kappa shape index (κ1) is 14.2. The highest BCUT2D eigenvalue weighted by Gasteiger charge is 2.12. The average molecular weight is 334 g/mol. The van der Waals surface area contributed by atoms with E-state index in [9.17, 15) is 9.18 Å². The van der Waals surface area contributed by atoms with Gasteiger partial charge in [-0.05, 0) is 24.3 Å². The second-order valence-corrected chi connectivity index (χ2v) is 4.80. The van der Waals surface area contributed by atoms with Crippen LogP contribution >= 0.6 is 15.9 Å². The lowest BCUT2D eigenvalue weighted by Gasteiger charge is -2.07. The van der Waals surface area contributed by atoms with Crippen LogP contribution in [0.2, 0.25) is 0 Å². The molecular formula is C15H9BrFNO2. The maximum absolute atomic E-state index is 13.6. The van der Waals surface area contributed by atoms with Gasteiger partial charge in [-0.15, -0.1) is 0 Å². The van der Waals surface area contributed by atoms with E-state index in [1.807, 2.05) is 6.07 Å². The Balaban J connectivity index is 2.08. The molecule has 0 aliphatic carbocycles. The van der Waals surface area contributed by atoms with Crippen molar-refractivity contribution < 1.29 is 13.9 Å². The molecule has 0 spiro atoms. The van der Waals surface area contributed by atoms with Gasteiger partial charge in [-0.3, -0.25) is 4.79 Å². The van der Waals surface area contributed by atoms with E-state index < -0.39 is 5.82 Å². The fourth-order valence-electron chi connectivity index (χ4n) is 1.60. The number of carbonyl (C=O) groups excluding carboxylic acids is 1. The summed E-state index contributed by atoms with van der Waals surface area (Å²) in [7, 11) is 0. The summed E-state index contributed by atoms with van der Waals surface area (Å²) in [5, 5.41) is 8.63. The van der Waals surface area contributed by atoms with E-state index >= 15 is 0 Å². The zero-order chi connectivity index (χ0) is 14.5. The molecule has 0 saturated heterocycles. The van der Waals surface area contributed by atoms with Gasteiger partial charge in [0.1, 0.15) is 0 Å². The zero-order valence-electron chi connectivity index (χ0n) is 10.3. The highest BCUT2D eigenvalue weighted by atomic mass is 79.9. The Morgan fingerprint density at radius 1 is 1.30 bits per heavy atom. The van der Waals surface area contributed by atoms with E-state index in [0.29, 0.717) is 10.0 Å². The van der Waals surface area contributed by atoms with Crippen LogP contribution in [0.25, 0.3) is 0 Å². The van der Waals surface area contributed by atoms with Crippen LogP contribution in [0.1, 0.15) is 15.9 Å². The van der Waals surface area contributed by atoms with Gasteiger partial charge in [0.2, 0.25) is 5.78 Å². The van der Waals surface area contributed by atoms with Gasteiger partial charge in [-0.2, -0.15) is 5.26 Å². The number of rotatable bonds is 4. The van der Waals surface area contributed by atoms with Gasteiger partial charge < -0.3 is 4.74 Å². The fraction of sp³-hybridized carbons (Fsp3) is 0.0667. The van der Waals surface area contributed by atoms with Crippen LogP contribution in [0, 0.1) is 17.1 Å². The first-order valence-electron chi connectivity index (χ1n) is 5.72. The smallest absolute Gasteiger partial charge is 0.201 e. The maximum Gasteiger partial charge on any atom is 0.201 e. The number of Topliss-reactive ketones (excluding diaryl/α,β-unsaturated/α-hetero) is 1. The molecule has 0 saturated carbocycles. The van der Waals surface area contributed by atoms with Crippen molar-refractivity contribution in [3.63, 3.8) is 0 Å². The number of hydrogen-bond donors (Lipinski definition) is 0. The van der Waals surface area contributed by atoms with E-state index in [0.717, 1.165) is 6.07 Å². The lowest BCUT2D eigenvalue weighted by molar-refractivity contribution is 0.0918. The van der Waals surface area contributed by atoms with Crippen molar-refractivity contribution in [3.05, 3.63) is 63.9 Å². The molecule has 2 aromatic rings. The van der Waals surface area contributed by atoms with Crippen LogP contribution < -0.4 is 4.74 Å². The van der Waals surface area contributed by atoms with E-state index in [4.69, 9.17) is 10.00 Å². The molecule has 5 heteroatoms. The highest BCUT2D eigenvalue weighted by Crippen LogP contribution is 2.20. The average Bonchev–Trinajstić information content (AvgIpc) is 2.46. The molecule has 0 unspecified atom stereocenters. The first-order valence-corrected chi connectivity index (χ1v) is 6.51. The predicted octanol–water partition coefficient (Wildman–Crippen LogP) is 3.72. The summed E-state index contributed by atoms with van der Waals surface area (Å²) in [5.74, 6) is -0.977. The number of benzene rings is 2.